The van der Waals surface area contributed by atoms with Crippen LogP contribution in [0.2, 0.25) is 0 Å². The summed E-state index contributed by atoms with van der Waals surface area (Å²) in [6.07, 6.45) is 7.56. The normalized spacial score (nSPS) is 14.9. The standard InChI is InChI=1S/C16H29N3OS/c1-3-4-5-6-7-8-10-18-15(17)19-13-16(2,20)14-9-11-21-12-14/h9,11-12,20H,3-8,10,13H2,1-2H3,(H3,17,18,19). The fourth-order valence-corrected chi connectivity index (χ4v) is 2.86. The topological polar surface area (TPSA) is 70.6 Å². The van der Waals surface area contributed by atoms with Crippen molar-refractivity contribution >= 4 is 17.3 Å². The fourth-order valence-electron chi connectivity index (χ4n) is 2.08. The number of aliphatic hydroxyl groups is 1. The number of hydrogen-bond donors (Lipinski definition) is 3. The van der Waals surface area contributed by atoms with Gasteiger partial charge in [0.05, 0.1) is 6.54 Å². The Morgan fingerprint density at radius 1 is 1.33 bits per heavy atom. The zero-order chi connectivity index (χ0) is 15.6. The molecule has 1 aromatic rings. The molecule has 1 aromatic heterocycles. The van der Waals surface area contributed by atoms with E-state index in [1.165, 1.54) is 32.1 Å². The van der Waals surface area contributed by atoms with Crippen molar-refractivity contribution < 1.29 is 5.11 Å². The lowest BCUT2D eigenvalue weighted by Crippen LogP contribution is -2.34. The SMILES string of the molecule is CCCCCCCCNC(N)=NCC(C)(O)c1ccsc1. The van der Waals surface area contributed by atoms with Gasteiger partial charge in [-0.05, 0) is 35.7 Å². The van der Waals surface area contributed by atoms with Gasteiger partial charge in [-0.3, -0.25) is 4.99 Å². The third-order valence-corrected chi connectivity index (χ3v) is 4.22. The van der Waals surface area contributed by atoms with Crippen molar-refractivity contribution in [3.63, 3.8) is 0 Å². The van der Waals surface area contributed by atoms with Gasteiger partial charge in [0.1, 0.15) is 5.60 Å². The van der Waals surface area contributed by atoms with E-state index in [9.17, 15) is 5.11 Å². The monoisotopic (exact) mass is 311 g/mol. The second-order valence-electron chi connectivity index (χ2n) is 5.68. The van der Waals surface area contributed by atoms with Crippen LogP contribution < -0.4 is 11.1 Å². The van der Waals surface area contributed by atoms with E-state index < -0.39 is 5.60 Å². The summed E-state index contributed by atoms with van der Waals surface area (Å²) in [6.45, 7) is 5.12. The summed E-state index contributed by atoms with van der Waals surface area (Å²) in [5.41, 5.74) is 5.76. The lowest BCUT2D eigenvalue weighted by atomic mass is 10.00. The van der Waals surface area contributed by atoms with Crippen molar-refractivity contribution in [1.29, 1.82) is 0 Å². The average molecular weight is 311 g/mol. The first-order valence-corrected chi connectivity index (χ1v) is 8.79. The largest absolute Gasteiger partial charge is 0.383 e. The summed E-state index contributed by atoms with van der Waals surface area (Å²) in [6, 6.07) is 1.92. The number of nitrogens with two attached hydrogens (primary N) is 1. The first-order chi connectivity index (χ1) is 10.1. The van der Waals surface area contributed by atoms with Gasteiger partial charge in [0.2, 0.25) is 0 Å². The maximum Gasteiger partial charge on any atom is 0.188 e. The summed E-state index contributed by atoms with van der Waals surface area (Å²) >= 11 is 1.57. The maximum atomic E-state index is 10.3. The molecule has 0 aliphatic carbocycles. The summed E-state index contributed by atoms with van der Waals surface area (Å²) in [5, 5.41) is 17.3. The molecule has 0 saturated carbocycles. The highest BCUT2D eigenvalue weighted by Gasteiger charge is 2.22. The molecule has 1 heterocycles. The predicted molar refractivity (Wildman–Crippen MR) is 91.8 cm³/mol. The van der Waals surface area contributed by atoms with E-state index in [4.69, 9.17) is 5.73 Å². The second kappa shape index (κ2) is 9.79. The van der Waals surface area contributed by atoms with Crippen molar-refractivity contribution in [3.05, 3.63) is 22.4 Å². The quantitative estimate of drug-likeness (QED) is 0.353. The Morgan fingerprint density at radius 2 is 2.05 bits per heavy atom. The van der Waals surface area contributed by atoms with Crippen molar-refractivity contribution in [1.82, 2.24) is 5.32 Å². The van der Waals surface area contributed by atoms with Crippen LogP contribution in [-0.4, -0.2) is 24.2 Å². The van der Waals surface area contributed by atoms with Gasteiger partial charge < -0.3 is 16.2 Å². The molecule has 4 nitrogen and oxygen atoms in total. The maximum absolute atomic E-state index is 10.3. The van der Waals surface area contributed by atoms with Crippen LogP contribution in [0.1, 0.15) is 57.9 Å². The lowest BCUT2D eigenvalue weighted by Gasteiger charge is -2.20. The number of hydrogen-bond acceptors (Lipinski definition) is 3. The Labute approximate surface area is 132 Å². The van der Waals surface area contributed by atoms with Crippen LogP contribution in [0, 0.1) is 0 Å². The minimum atomic E-state index is -0.952. The Bertz CT molecular complexity index is 402. The molecule has 4 N–H and O–H groups in total. The van der Waals surface area contributed by atoms with Gasteiger partial charge in [0.25, 0.3) is 0 Å². The lowest BCUT2D eigenvalue weighted by molar-refractivity contribution is 0.0678. The molecule has 21 heavy (non-hydrogen) atoms. The molecule has 0 fully saturated rings. The molecule has 0 spiro atoms. The first-order valence-electron chi connectivity index (χ1n) is 7.85. The molecule has 0 saturated heterocycles. The van der Waals surface area contributed by atoms with Gasteiger partial charge >= 0.3 is 0 Å². The van der Waals surface area contributed by atoms with Crippen LogP contribution in [0.5, 0.6) is 0 Å². The molecule has 0 bridgehead atoms. The van der Waals surface area contributed by atoms with Crippen LogP contribution in [0.15, 0.2) is 21.8 Å². The van der Waals surface area contributed by atoms with Gasteiger partial charge in [-0.2, -0.15) is 11.3 Å². The summed E-state index contributed by atoms with van der Waals surface area (Å²) in [5.74, 6) is 0.416. The molecule has 1 unspecified atom stereocenters. The van der Waals surface area contributed by atoms with Gasteiger partial charge in [0.15, 0.2) is 5.96 Å². The number of nitrogens with zero attached hydrogens (tertiary/aromatic N) is 1. The minimum absolute atomic E-state index is 0.277. The van der Waals surface area contributed by atoms with E-state index >= 15 is 0 Å². The van der Waals surface area contributed by atoms with Crippen molar-refractivity contribution in [2.24, 2.45) is 10.7 Å². The van der Waals surface area contributed by atoms with Crippen molar-refractivity contribution in [2.45, 2.75) is 58.0 Å². The Kier molecular flexibility index (Phi) is 8.38. The molecule has 1 atom stereocenters. The molecule has 0 aromatic carbocycles. The number of guanidine groups is 1. The number of nitrogens with one attached hydrogen (secondary N) is 1. The highest BCUT2D eigenvalue weighted by atomic mass is 32.1. The molecule has 0 amide bonds. The van der Waals surface area contributed by atoms with Crippen molar-refractivity contribution in [3.8, 4) is 0 Å². The number of unbranched alkanes of at least 4 members (excludes halogenated alkanes) is 5. The van der Waals surface area contributed by atoms with E-state index in [1.54, 1.807) is 18.3 Å². The second-order valence-corrected chi connectivity index (χ2v) is 6.46. The molecular weight excluding hydrogens is 282 g/mol. The zero-order valence-corrected chi connectivity index (χ0v) is 14.1. The van der Waals surface area contributed by atoms with Crippen LogP contribution >= 0.6 is 11.3 Å². The molecule has 120 valence electrons. The minimum Gasteiger partial charge on any atom is -0.383 e. The Morgan fingerprint density at radius 3 is 2.71 bits per heavy atom. The van der Waals surface area contributed by atoms with E-state index in [1.807, 2.05) is 16.8 Å². The third-order valence-electron chi connectivity index (χ3n) is 3.54. The molecular formula is C16H29N3OS. The highest BCUT2D eigenvalue weighted by molar-refractivity contribution is 7.08. The van der Waals surface area contributed by atoms with Gasteiger partial charge in [-0.25, -0.2) is 0 Å². The number of aliphatic imine (C=N–C) groups is 1. The van der Waals surface area contributed by atoms with Gasteiger partial charge in [-0.15, -0.1) is 0 Å². The van der Waals surface area contributed by atoms with E-state index in [0.717, 1.165) is 18.5 Å². The Balaban J connectivity index is 2.18. The average Bonchev–Trinajstić information content (AvgIpc) is 2.99. The molecule has 1 rings (SSSR count). The number of rotatable bonds is 10. The zero-order valence-electron chi connectivity index (χ0n) is 13.3. The number of thiophene rings is 1. The fraction of sp³-hybridized carbons (Fsp3) is 0.688. The first kappa shape index (κ1) is 18.0. The summed E-state index contributed by atoms with van der Waals surface area (Å²) in [7, 11) is 0. The summed E-state index contributed by atoms with van der Waals surface area (Å²) < 4.78 is 0. The van der Waals surface area contributed by atoms with Crippen LogP contribution in [0.4, 0.5) is 0 Å². The van der Waals surface area contributed by atoms with Crippen LogP contribution in [-0.2, 0) is 5.60 Å². The van der Waals surface area contributed by atoms with Crippen LogP contribution in [0.25, 0.3) is 0 Å². The molecule has 0 aliphatic rings. The highest BCUT2D eigenvalue weighted by Crippen LogP contribution is 2.22. The Hall–Kier alpha value is -1.07. The van der Waals surface area contributed by atoms with Gasteiger partial charge in [-0.1, -0.05) is 39.0 Å². The molecule has 5 heteroatoms. The summed E-state index contributed by atoms with van der Waals surface area (Å²) in [4.78, 5) is 4.24. The molecule has 0 aliphatic heterocycles. The predicted octanol–water partition coefficient (Wildman–Crippen LogP) is 3.22. The van der Waals surface area contributed by atoms with Crippen LogP contribution in [0.3, 0.4) is 0 Å². The van der Waals surface area contributed by atoms with E-state index in [-0.39, 0.29) is 6.54 Å². The van der Waals surface area contributed by atoms with Crippen molar-refractivity contribution in [2.75, 3.05) is 13.1 Å². The smallest absolute Gasteiger partial charge is 0.188 e. The van der Waals surface area contributed by atoms with Gasteiger partial charge in [0, 0.05) is 6.54 Å². The van der Waals surface area contributed by atoms with E-state index in [0.29, 0.717) is 5.96 Å². The van der Waals surface area contributed by atoms with E-state index in [2.05, 4.69) is 17.2 Å². The third kappa shape index (κ3) is 7.48. The molecule has 0 radical (unpaired) electrons.